The Kier molecular flexibility index (Phi) is 38.2. The summed E-state index contributed by atoms with van der Waals surface area (Å²) in [6.45, 7) is 14.8. The van der Waals surface area contributed by atoms with Gasteiger partial charge in [0.1, 0.15) is 0 Å². The van der Waals surface area contributed by atoms with Gasteiger partial charge >= 0.3 is 11.9 Å². The van der Waals surface area contributed by atoms with E-state index in [0.717, 1.165) is 135 Å². The Morgan fingerprint density at radius 2 is 0.776 bits per heavy atom. The predicted molar refractivity (Wildman–Crippen MR) is 246 cm³/mol. The van der Waals surface area contributed by atoms with Crippen molar-refractivity contribution in [3.63, 3.8) is 0 Å². The van der Waals surface area contributed by atoms with Gasteiger partial charge in [0.15, 0.2) is 0 Å². The summed E-state index contributed by atoms with van der Waals surface area (Å²) in [5, 5.41) is 0. The zero-order valence-electron chi connectivity index (χ0n) is 39.3. The van der Waals surface area contributed by atoms with Crippen molar-refractivity contribution in [1.29, 1.82) is 0 Å². The van der Waals surface area contributed by atoms with E-state index < -0.39 is 0 Å². The molecule has 0 aromatic heterocycles. The van der Waals surface area contributed by atoms with Crippen LogP contribution in [0.1, 0.15) is 252 Å². The number of amides is 1. The van der Waals surface area contributed by atoms with Gasteiger partial charge < -0.3 is 19.3 Å². The smallest absolute Gasteiger partial charge is 0.308 e. The SMILES string of the molecule is CCCCCCCCC(CCCCCC)C(=O)OCCCCCCN(CCCCCCOC(=O)C(CCCCCC)CCCCCCCC)C(=O)CCN1CCCC1. The first-order chi connectivity index (χ1) is 28.5. The number of unbranched alkanes of at least 4 members (excludes halogenated alkanes) is 22. The van der Waals surface area contributed by atoms with Gasteiger partial charge in [-0.2, -0.15) is 0 Å². The molecule has 1 aliphatic heterocycles. The highest BCUT2D eigenvalue weighted by atomic mass is 16.5. The maximum atomic E-state index is 13.4. The second kappa shape index (κ2) is 40.8. The highest BCUT2D eigenvalue weighted by Gasteiger charge is 2.21. The molecule has 0 spiro atoms. The highest BCUT2D eigenvalue weighted by Crippen LogP contribution is 2.22. The maximum absolute atomic E-state index is 13.4. The minimum atomic E-state index is 0.0310. The second-order valence-corrected chi connectivity index (χ2v) is 18.0. The molecule has 1 aliphatic rings. The van der Waals surface area contributed by atoms with Crippen molar-refractivity contribution in [2.75, 3.05) is 45.9 Å². The normalized spacial score (nSPS) is 14.1. The molecule has 7 heteroatoms. The van der Waals surface area contributed by atoms with Gasteiger partial charge in [-0.15, -0.1) is 0 Å². The topological polar surface area (TPSA) is 76.1 Å². The third-order valence-corrected chi connectivity index (χ3v) is 12.6. The van der Waals surface area contributed by atoms with Crippen LogP contribution in [0.5, 0.6) is 0 Å². The highest BCUT2D eigenvalue weighted by molar-refractivity contribution is 5.76. The Balaban J connectivity index is 2.43. The van der Waals surface area contributed by atoms with E-state index in [0.29, 0.717) is 25.5 Å². The van der Waals surface area contributed by atoms with Crippen molar-refractivity contribution in [3.8, 4) is 0 Å². The molecule has 0 aromatic carbocycles. The Bertz CT molecular complexity index is 880. The van der Waals surface area contributed by atoms with Gasteiger partial charge in [0.25, 0.3) is 0 Å². The fraction of sp³-hybridized carbons (Fsp3) is 0.941. The minimum Gasteiger partial charge on any atom is -0.465 e. The molecule has 58 heavy (non-hydrogen) atoms. The van der Waals surface area contributed by atoms with Crippen molar-refractivity contribution in [2.45, 2.75) is 252 Å². The quantitative estimate of drug-likeness (QED) is 0.0450. The molecule has 7 nitrogen and oxygen atoms in total. The molecule has 1 fully saturated rings. The Morgan fingerprint density at radius 1 is 0.448 bits per heavy atom. The summed E-state index contributed by atoms with van der Waals surface area (Å²) < 4.78 is 11.7. The number of nitrogens with zero attached hydrogens (tertiary/aromatic N) is 2. The van der Waals surface area contributed by atoms with Crippen LogP contribution in [0, 0.1) is 11.8 Å². The molecule has 1 amide bonds. The molecular formula is C51H98N2O5. The fourth-order valence-corrected chi connectivity index (χ4v) is 8.61. The lowest BCUT2D eigenvalue weighted by Crippen LogP contribution is -2.35. The van der Waals surface area contributed by atoms with E-state index in [1.54, 1.807) is 0 Å². The van der Waals surface area contributed by atoms with Crippen LogP contribution < -0.4 is 0 Å². The van der Waals surface area contributed by atoms with Crippen LogP contribution in [-0.2, 0) is 23.9 Å². The number of esters is 2. The molecule has 0 saturated carbocycles. The van der Waals surface area contributed by atoms with Crippen LogP contribution >= 0.6 is 0 Å². The van der Waals surface area contributed by atoms with Gasteiger partial charge in [-0.25, -0.2) is 0 Å². The summed E-state index contributed by atoms with van der Waals surface area (Å²) >= 11 is 0. The van der Waals surface area contributed by atoms with Crippen molar-refractivity contribution in [2.24, 2.45) is 11.8 Å². The summed E-state index contributed by atoms with van der Waals surface area (Å²) in [6, 6.07) is 0. The van der Waals surface area contributed by atoms with E-state index >= 15 is 0 Å². The molecule has 0 radical (unpaired) electrons. The molecule has 1 saturated heterocycles. The van der Waals surface area contributed by atoms with E-state index in [4.69, 9.17) is 9.47 Å². The number of hydrogen-bond donors (Lipinski definition) is 0. The molecule has 0 bridgehead atoms. The Labute approximate surface area is 360 Å². The number of ether oxygens (including phenoxy) is 2. The third kappa shape index (κ3) is 31.3. The first kappa shape index (κ1) is 54.4. The van der Waals surface area contributed by atoms with Crippen molar-refractivity contribution >= 4 is 17.8 Å². The second-order valence-electron chi connectivity index (χ2n) is 18.0. The van der Waals surface area contributed by atoms with Gasteiger partial charge in [0, 0.05) is 26.1 Å². The van der Waals surface area contributed by atoms with Gasteiger partial charge in [-0.05, 0) is 90.1 Å². The summed E-state index contributed by atoms with van der Waals surface area (Å²) in [5.41, 5.74) is 0. The zero-order valence-corrected chi connectivity index (χ0v) is 39.3. The van der Waals surface area contributed by atoms with Gasteiger partial charge in [-0.1, -0.05) is 169 Å². The Hall–Kier alpha value is -1.63. The van der Waals surface area contributed by atoms with E-state index in [1.165, 1.54) is 116 Å². The average Bonchev–Trinajstić information content (AvgIpc) is 3.76. The molecule has 342 valence electrons. The summed E-state index contributed by atoms with van der Waals surface area (Å²) in [6.07, 6.45) is 39.7. The van der Waals surface area contributed by atoms with Crippen LogP contribution in [0.3, 0.4) is 0 Å². The number of likely N-dealkylation sites (tertiary alicyclic amines) is 1. The molecule has 1 rings (SSSR count). The molecule has 0 N–H and O–H groups in total. The monoisotopic (exact) mass is 819 g/mol. The van der Waals surface area contributed by atoms with Crippen LogP contribution in [0.15, 0.2) is 0 Å². The lowest BCUT2D eigenvalue weighted by Gasteiger charge is -2.24. The van der Waals surface area contributed by atoms with Crippen LogP contribution in [0.4, 0.5) is 0 Å². The first-order valence-electron chi connectivity index (χ1n) is 25.8. The molecule has 1 heterocycles. The largest absolute Gasteiger partial charge is 0.465 e. The van der Waals surface area contributed by atoms with Gasteiger partial charge in [0.05, 0.1) is 25.0 Å². The van der Waals surface area contributed by atoms with Crippen LogP contribution in [0.25, 0.3) is 0 Å². The number of carbonyl (C=O) groups excluding carboxylic acids is 3. The molecular weight excluding hydrogens is 721 g/mol. The zero-order chi connectivity index (χ0) is 42.2. The summed E-state index contributed by atoms with van der Waals surface area (Å²) in [5.74, 6) is 0.484. The molecule has 0 aliphatic carbocycles. The lowest BCUT2D eigenvalue weighted by atomic mass is 9.94. The van der Waals surface area contributed by atoms with E-state index in [9.17, 15) is 14.4 Å². The number of hydrogen-bond acceptors (Lipinski definition) is 6. The van der Waals surface area contributed by atoms with Gasteiger partial charge in [-0.3, -0.25) is 14.4 Å². The van der Waals surface area contributed by atoms with Crippen LogP contribution in [-0.4, -0.2) is 73.6 Å². The van der Waals surface area contributed by atoms with Gasteiger partial charge in [0.2, 0.25) is 5.91 Å². The summed E-state index contributed by atoms with van der Waals surface area (Å²) in [7, 11) is 0. The fourth-order valence-electron chi connectivity index (χ4n) is 8.61. The predicted octanol–water partition coefficient (Wildman–Crippen LogP) is 14.2. The standard InChI is InChI=1S/C51H98N2O5/c1-5-9-13-17-19-27-37-47(35-25-15-11-7-3)50(55)57-45-33-23-21-29-42-53(49(54)39-44-52-40-31-32-41-52)43-30-22-24-34-46-58-51(56)48(36-26-16-12-8-4)38-28-20-18-14-10-6-2/h47-48H,5-46H2,1-4H3. The average molecular weight is 819 g/mol. The third-order valence-electron chi connectivity index (χ3n) is 12.6. The molecule has 2 atom stereocenters. The number of carbonyl (C=O) groups is 3. The number of rotatable bonds is 43. The summed E-state index contributed by atoms with van der Waals surface area (Å²) in [4.78, 5) is 44.1. The van der Waals surface area contributed by atoms with E-state index in [1.807, 2.05) is 0 Å². The molecule has 2 unspecified atom stereocenters. The maximum Gasteiger partial charge on any atom is 0.308 e. The molecule has 0 aromatic rings. The lowest BCUT2D eigenvalue weighted by molar-refractivity contribution is -0.150. The minimum absolute atomic E-state index is 0.0310. The van der Waals surface area contributed by atoms with E-state index in [2.05, 4.69) is 37.5 Å². The van der Waals surface area contributed by atoms with Crippen molar-refractivity contribution < 1.29 is 23.9 Å². The van der Waals surface area contributed by atoms with Crippen molar-refractivity contribution in [3.05, 3.63) is 0 Å². The Morgan fingerprint density at radius 3 is 1.17 bits per heavy atom. The first-order valence-corrected chi connectivity index (χ1v) is 25.8. The van der Waals surface area contributed by atoms with Crippen LogP contribution in [0.2, 0.25) is 0 Å². The van der Waals surface area contributed by atoms with E-state index in [-0.39, 0.29) is 23.8 Å². The van der Waals surface area contributed by atoms with Crippen molar-refractivity contribution in [1.82, 2.24) is 9.80 Å².